The van der Waals surface area contributed by atoms with Gasteiger partial charge in [-0.3, -0.25) is 0 Å². The summed E-state index contributed by atoms with van der Waals surface area (Å²) in [7, 11) is 0. The number of aliphatic hydroxyl groups is 1. The molecule has 0 amide bonds. The summed E-state index contributed by atoms with van der Waals surface area (Å²) in [6, 6.07) is 18.7. The van der Waals surface area contributed by atoms with Gasteiger partial charge in [-0.05, 0) is 39.7 Å². The third-order valence-electron chi connectivity index (χ3n) is 3.75. The standard InChI is InChI=1S/C18H19NO.ClH/c1-2-19-12-18(20)17-11-13-7-3-4-8-14(13)15-9-5-6-10-16(15)17;/h3-11,18-20H,2,12H2,1H3;1H. The largest absolute Gasteiger partial charge is 0.387 e. The highest BCUT2D eigenvalue weighted by Gasteiger charge is 2.12. The highest BCUT2D eigenvalue weighted by molar-refractivity contribution is 6.09. The van der Waals surface area contributed by atoms with E-state index in [1.54, 1.807) is 0 Å². The molecule has 0 aliphatic heterocycles. The molecule has 110 valence electrons. The molecule has 0 fully saturated rings. The lowest BCUT2D eigenvalue weighted by Gasteiger charge is -2.16. The van der Waals surface area contributed by atoms with Crippen molar-refractivity contribution in [3.8, 4) is 0 Å². The fraction of sp³-hybridized carbons (Fsp3) is 0.222. The van der Waals surface area contributed by atoms with Gasteiger partial charge in [0.2, 0.25) is 0 Å². The normalized spacial score (nSPS) is 12.3. The van der Waals surface area contributed by atoms with Gasteiger partial charge in [-0.2, -0.15) is 0 Å². The zero-order valence-electron chi connectivity index (χ0n) is 12.0. The molecule has 0 bridgehead atoms. The number of aliphatic hydroxyl groups excluding tert-OH is 1. The summed E-state index contributed by atoms with van der Waals surface area (Å²) >= 11 is 0. The van der Waals surface area contributed by atoms with Crippen LogP contribution >= 0.6 is 12.4 Å². The van der Waals surface area contributed by atoms with Crippen molar-refractivity contribution in [3.63, 3.8) is 0 Å². The smallest absolute Gasteiger partial charge is 0.0920 e. The molecule has 3 heteroatoms. The average molecular weight is 302 g/mol. The Bertz CT molecular complexity index is 741. The van der Waals surface area contributed by atoms with Crippen molar-refractivity contribution >= 4 is 34.0 Å². The first-order valence-electron chi connectivity index (χ1n) is 7.10. The van der Waals surface area contributed by atoms with Gasteiger partial charge >= 0.3 is 0 Å². The second-order valence-electron chi connectivity index (χ2n) is 5.06. The lowest BCUT2D eigenvalue weighted by atomic mass is 9.94. The number of hydrogen-bond acceptors (Lipinski definition) is 2. The zero-order chi connectivity index (χ0) is 13.9. The number of fused-ring (bicyclic) bond motifs is 3. The van der Waals surface area contributed by atoms with Gasteiger partial charge in [0.15, 0.2) is 0 Å². The Balaban J connectivity index is 0.00000161. The minimum Gasteiger partial charge on any atom is -0.387 e. The maximum atomic E-state index is 10.4. The van der Waals surface area contributed by atoms with E-state index in [9.17, 15) is 5.11 Å². The Morgan fingerprint density at radius 1 is 0.952 bits per heavy atom. The Kier molecular flexibility index (Phi) is 5.18. The van der Waals surface area contributed by atoms with Crippen molar-refractivity contribution in [2.45, 2.75) is 13.0 Å². The molecule has 0 aliphatic rings. The van der Waals surface area contributed by atoms with Gasteiger partial charge in [0.05, 0.1) is 6.10 Å². The molecule has 3 aromatic rings. The molecule has 0 saturated carbocycles. The van der Waals surface area contributed by atoms with Crippen LogP contribution in [0.1, 0.15) is 18.6 Å². The van der Waals surface area contributed by atoms with Crippen LogP contribution in [-0.4, -0.2) is 18.2 Å². The topological polar surface area (TPSA) is 32.3 Å². The van der Waals surface area contributed by atoms with Crippen LogP contribution in [0, 0.1) is 0 Å². The Hall–Kier alpha value is -1.61. The number of benzene rings is 3. The summed E-state index contributed by atoms with van der Waals surface area (Å²) in [5, 5.41) is 18.4. The summed E-state index contributed by atoms with van der Waals surface area (Å²) in [5.74, 6) is 0. The van der Waals surface area contributed by atoms with Crippen molar-refractivity contribution in [1.29, 1.82) is 0 Å². The van der Waals surface area contributed by atoms with E-state index in [1.807, 2.05) is 19.1 Å². The van der Waals surface area contributed by atoms with Crippen LogP contribution in [0.4, 0.5) is 0 Å². The van der Waals surface area contributed by atoms with E-state index in [0.29, 0.717) is 6.54 Å². The predicted molar refractivity (Wildman–Crippen MR) is 92.2 cm³/mol. The minimum absolute atomic E-state index is 0. The fourth-order valence-corrected chi connectivity index (χ4v) is 2.75. The monoisotopic (exact) mass is 301 g/mol. The first-order chi connectivity index (χ1) is 9.81. The Morgan fingerprint density at radius 2 is 1.57 bits per heavy atom. The van der Waals surface area contributed by atoms with E-state index in [1.165, 1.54) is 16.2 Å². The molecule has 0 aliphatic carbocycles. The van der Waals surface area contributed by atoms with Crippen LogP contribution < -0.4 is 5.32 Å². The van der Waals surface area contributed by atoms with Gasteiger partial charge in [0, 0.05) is 6.54 Å². The van der Waals surface area contributed by atoms with E-state index in [-0.39, 0.29) is 12.4 Å². The van der Waals surface area contributed by atoms with Gasteiger partial charge in [0.1, 0.15) is 0 Å². The second kappa shape index (κ2) is 6.90. The van der Waals surface area contributed by atoms with E-state index in [2.05, 4.69) is 47.8 Å². The lowest BCUT2D eigenvalue weighted by Crippen LogP contribution is -2.21. The van der Waals surface area contributed by atoms with Crippen molar-refractivity contribution in [3.05, 3.63) is 60.2 Å². The van der Waals surface area contributed by atoms with Crippen LogP contribution in [0.2, 0.25) is 0 Å². The van der Waals surface area contributed by atoms with Crippen LogP contribution in [0.25, 0.3) is 21.5 Å². The number of likely N-dealkylation sites (N-methyl/N-ethyl adjacent to an activating group) is 1. The molecule has 3 aromatic carbocycles. The summed E-state index contributed by atoms with van der Waals surface area (Å²) in [6.45, 7) is 3.49. The summed E-state index contributed by atoms with van der Waals surface area (Å²) in [6.07, 6.45) is -0.482. The minimum atomic E-state index is -0.482. The zero-order valence-corrected chi connectivity index (χ0v) is 12.9. The van der Waals surface area contributed by atoms with Crippen LogP contribution in [0.3, 0.4) is 0 Å². The Morgan fingerprint density at radius 3 is 2.29 bits per heavy atom. The third-order valence-corrected chi connectivity index (χ3v) is 3.75. The number of rotatable bonds is 4. The summed E-state index contributed by atoms with van der Waals surface area (Å²) in [5.41, 5.74) is 1.00. The number of halogens is 1. The molecule has 21 heavy (non-hydrogen) atoms. The number of hydrogen-bond donors (Lipinski definition) is 2. The highest BCUT2D eigenvalue weighted by Crippen LogP contribution is 2.31. The quantitative estimate of drug-likeness (QED) is 0.712. The number of nitrogens with one attached hydrogen (secondary N) is 1. The molecular formula is C18H20ClNO. The van der Waals surface area contributed by atoms with Gasteiger partial charge in [-0.15, -0.1) is 12.4 Å². The van der Waals surface area contributed by atoms with E-state index in [0.717, 1.165) is 17.5 Å². The van der Waals surface area contributed by atoms with Gasteiger partial charge in [-0.1, -0.05) is 55.5 Å². The molecule has 1 unspecified atom stereocenters. The van der Waals surface area contributed by atoms with Crippen molar-refractivity contribution in [2.75, 3.05) is 13.1 Å². The molecule has 0 heterocycles. The van der Waals surface area contributed by atoms with Crippen LogP contribution in [0.5, 0.6) is 0 Å². The first kappa shape index (κ1) is 15.8. The molecule has 1 atom stereocenters. The molecular weight excluding hydrogens is 282 g/mol. The summed E-state index contributed by atoms with van der Waals surface area (Å²) in [4.78, 5) is 0. The molecule has 2 N–H and O–H groups in total. The maximum absolute atomic E-state index is 10.4. The fourth-order valence-electron chi connectivity index (χ4n) is 2.75. The third kappa shape index (κ3) is 3.03. The van der Waals surface area contributed by atoms with Crippen molar-refractivity contribution in [2.24, 2.45) is 0 Å². The molecule has 0 saturated heterocycles. The molecule has 2 nitrogen and oxygen atoms in total. The van der Waals surface area contributed by atoms with Crippen molar-refractivity contribution < 1.29 is 5.11 Å². The maximum Gasteiger partial charge on any atom is 0.0920 e. The van der Waals surface area contributed by atoms with E-state index in [4.69, 9.17) is 0 Å². The molecule has 0 aromatic heterocycles. The Labute approximate surface area is 131 Å². The molecule has 0 radical (unpaired) electrons. The van der Waals surface area contributed by atoms with Crippen LogP contribution in [-0.2, 0) is 0 Å². The van der Waals surface area contributed by atoms with Crippen molar-refractivity contribution in [1.82, 2.24) is 5.32 Å². The second-order valence-corrected chi connectivity index (χ2v) is 5.06. The lowest BCUT2D eigenvalue weighted by molar-refractivity contribution is 0.177. The molecule has 0 spiro atoms. The van der Waals surface area contributed by atoms with Gasteiger partial charge in [-0.25, -0.2) is 0 Å². The van der Waals surface area contributed by atoms with Crippen LogP contribution in [0.15, 0.2) is 54.6 Å². The molecule has 3 rings (SSSR count). The van der Waals surface area contributed by atoms with Gasteiger partial charge < -0.3 is 10.4 Å². The van der Waals surface area contributed by atoms with Gasteiger partial charge in [0.25, 0.3) is 0 Å². The van der Waals surface area contributed by atoms with E-state index < -0.39 is 6.10 Å². The summed E-state index contributed by atoms with van der Waals surface area (Å²) < 4.78 is 0. The first-order valence-corrected chi connectivity index (χ1v) is 7.10. The SMILES string of the molecule is CCNCC(O)c1cc2ccccc2c2ccccc12.Cl. The van der Waals surface area contributed by atoms with E-state index >= 15 is 0 Å². The average Bonchev–Trinajstić information content (AvgIpc) is 2.52. The predicted octanol–water partition coefficient (Wildman–Crippen LogP) is 4.06. The highest BCUT2D eigenvalue weighted by atomic mass is 35.5.